The monoisotopic (exact) mass is 334 g/mol. The Morgan fingerprint density at radius 2 is 2.00 bits per heavy atom. The van der Waals surface area contributed by atoms with Gasteiger partial charge in [0.25, 0.3) is 0 Å². The van der Waals surface area contributed by atoms with Crippen LogP contribution in [0.3, 0.4) is 0 Å². The maximum absolute atomic E-state index is 12.1. The van der Waals surface area contributed by atoms with Gasteiger partial charge in [0.1, 0.15) is 5.60 Å². The first-order valence-electron chi connectivity index (χ1n) is 8.74. The molecule has 1 fully saturated rings. The summed E-state index contributed by atoms with van der Waals surface area (Å²) >= 11 is 0. The largest absolute Gasteiger partial charge is 0.444 e. The van der Waals surface area contributed by atoms with Gasteiger partial charge in [-0.25, -0.2) is 4.79 Å². The number of aliphatic hydroxyl groups excluding tert-OH is 1. The highest BCUT2D eigenvalue weighted by Gasteiger charge is 2.30. The van der Waals surface area contributed by atoms with E-state index in [-0.39, 0.29) is 18.1 Å². The predicted molar refractivity (Wildman–Crippen MR) is 94.0 cm³/mol. The summed E-state index contributed by atoms with van der Waals surface area (Å²) in [6.45, 7) is 10.9. The van der Waals surface area contributed by atoms with Crippen LogP contribution in [0.4, 0.5) is 4.79 Å². The minimum absolute atomic E-state index is 0.219. The summed E-state index contributed by atoms with van der Waals surface area (Å²) in [7, 11) is 0. The molecule has 2 heterocycles. The smallest absolute Gasteiger partial charge is 0.410 e. The predicted octanol–water partition coefficient (Wildman–Crippen LogP) is 3.25. The van der Waals surface area contributed by atoms with Crippen molar-refractivity contribution in [3.8, 4) is 0 Å². The summed E-state index contributed by atoms with van der Waals surface area (Å²) in [5.74, 6) is 0.219. The number of amides is 1. The average molecular weight is 334 g/mol. The van der Waals surface area contributed by atoms with Gasteiger partial charge in [0, 0.05) is 25.0 Å². The Kier molecular flexibility index (Phi) is 5.86. The summed E-state index contributed by atoms with van der Waals surface area (Å²) in [5, 5.41) is 10.6. The highest BCUT2D eigenvalue weighted by molar-refractivity contribution is 5.68. The summed E-state index contributed by atoms with van der Waals surface area (Å²) in [4.78, 5) is 18.1. The molecule has 1 aromatic rings. The molecule has 0 saturated carbocycles. The molecular formula is C19H30N2O3. The van der Waals surface area contributed by atoms with Gasteiger partial charge in [0.15, 0.2) is 0 Å². The van der Waals surface area contributed by atoms with E-state index in [1.54, 1.807) is 4.90 Å². The van der Waals surface area contributed by atoms with E-state index in [1.807, 2.05) is 46.9 Å². The quantitative estimate of drug-likeness (QED) is 0.922. The van der Waals surface area contributed by atoms with Crippen LogP contribution in [0.25, 0.3) is 0 Å². The molecule has 0 bridgehead atoms. The topological polar surface area (TPSA) is 62.7 Å². The maximum Gasteiger partial charge on any atom is 0.410 e. The number of hydrogen-bond donors (Lipinski definition) is 1. The van der Waals surface area contributed by atoms with Gasteiger partial charge in [-0.2, -0.15) is 0 Å². The molecule has 1 amide bonds. The highest BCUT2D eigenvalue weighted by Crippen LogP contribution is 2.25. The SMILES string of the molecule is Cc1cc(CC(O)C2CCN(C(=O)OC(C)(C)C)CC2)c(C)cn1. The van der Waals surface area contributed by atoms with Gasteiger partial charge in [-0.3, -0.25) is 4.98 Å². The van der Waals surface area contributed by atoms with Crippen molar-refractivity contribution in [2.75, 3.05) is 13.1 Å². The van der Waals surface area contributed by atoms with Crippen molar-refractivity contribution < 1.29 is 14.6 Å². The van der Waals surface area contributed by atoms with E-state index in [1.165, 1.54) is 0 Å². The Morgan fingerprint density at radius 1 is 1.38 bits per heavy atom. The fourth-order valence-corrected chi connectivity index (χ4v) is 3.09. The van der Waals surface area contributed by atoms with E-state index in [4.69, 9.17) is 4.74 Å². The molecular weight excluding hydrogens is 304 g/mol. The van der Waals surface area contributed by atoms with Gasteiger partial charge >= 0.3 is 6.09 Å². The van der Waals surface area contributed by atoms with Crippen molar-refractivity contribution in [3.63, 3.8) is 0 Å². The van der Waals surface area contributed by atoms with Crippen LogP contribution in [0.1, 0.15) is 50.4 Å². The Labute approximate surface area is 145 Å². The Balaban J connectivity index is 1.87. The number of pyridine rings is 1. The van der Waals surface area contributed by atoms with E-state index in [9.17, 15) is 9.90 Å². The average Bonchev–Trinajstić information content (AvgIpc) is 2.49. The molecule has 1 N–H and O–H groups in total. The van der Waals surface area contributed by atoms with E-state index >= 15 is 0 Å². The second-order valence-electron chi connectivity index (χ2n) is 7.83. The fourth-order valence-electron chi connectivity index (χ4n) is 3.09. The lowest BCUT2D eigenvalue weighted by Gasteiger charge is -2.35. The van der Waals surface area contributed by atoms with Crippen LogP contribution in [0.15, 0.2) is 12.3 Å². The van der Waals surface area contributed by atoms with Crippen LogP contribution in [0.5, 0.6) is 0 Å². The summed E-state index contributed by atoms with van der Waals surface area (Å²) < 4.78 is 5.42. The standard InChI is InChI=1S/C19H30N2O3/c1-13-12-20-14(2)10-16(13)11-17(22)15-6-8-21(9-7-15)18(23)24-19(3,4)5/h10,12,15,17,22H,6-9,11H2,1-5H3. The van der Waals surface area contributed by atoms with Gasteiger partial charge < -0.3 is 14.7 Å². The Morgan fingerprint density at radius 3 is 2.58 bits per heavy atom. The summed E-state index contributed by atoms with van der Waals surface area (Å²) in [5.41, 5.74) is 2.78. The number of ether oxygens (including phenoxy) is 1. The maximum atomic E-state index is 12.1. The van der Waals surface area contributed by atoms with Crippen molar-refractivity contribution in [1.82, 2.24) is 9.88 Å². The molecule has 0 radical (unpaired) electrons. The van der Waals surface area contributed by atoms with Crippen LogP contribution in [0.2, 0.25) is 0 Å². The second kappa shape index (κ2) is 7.51. The molecule has 1 aromatic heterocycles. The minimum atomic E-state index is -0.468. The van der Waals surface area contributed by atoms with Crippen molar-refractivity contribution in [3.05, 3.63) is 29.1 Å². The van der Waals surface area contributed by atoms with Crippen LogP contribution in [-0.2, 0) is 11.2 Å². The molecule has 2 rings (SSSR count). The third-order valence-electron chi connectivity index (χ3n) is 4.52. The molecule has 1 aliphatic rings. The second-order valence-corrected chi connectivity index (χ2v) is 7.83. The molecule has 0 aliphatic carbocycles. The van der Waals surface area contributed by atoms with Crippen LogP contribution in [0, 0.1) is 19.8 Å². The molecule has 24 heavy (non-hydrogen) atoms. The van der Waals surface area contributed by atoms with E-state index in [2.05, 4.69) is 4.98 Å². The van der Waals surface area contributed by atoms with Gasteiger partial charge in [-0.15, -0.1) is 0 Å². The summed E-state index contributed by atoms with van der Waals surface area (Å²) in [6.07, 6.45) is 3.49. The van der Waals surface area contributed by atoms with E-state index in [0.29, 0.717) is 19.5 Å². The molecule has 134 valence electrons. The molecule has 0 spiro atoms. The molecule has 0 aromatic carbocycles. The van der Waals surface area contributed by atoms with Crippen molar-refractivity contribution >= 4 is 6.09 Å². The molecule has 1 aliphatic heterocycles. The van der Waals surface area contributed by atoms with E-state index in [0.717, 1.165) is 29.7 Å². The number of carbonyl (C=O) groups excluding carboxylic acids is 1. The number of carbonyl (C=O) groups is 1. The number of hydrogen-bond acceptors (Lipinski definition) is 4. The van der Waals surface area contributed by atoms with E-state index < -0.39 is 5.60 Å². The number of nitrogens with zero attached hydrogens (tertiary/aromatic N) is 2. The fraction of sp³-hybridized carbons (Fsp3) is 0.684. The van der Waals surface area contributed by atoms with Crippen LogP contribution < -0.4 is 0 Å². The van der Waals surface area contributed by atoms with Gasteiger partial charge in [-0.05, 0) is 77.0 Å². The number of aliphatic hydroxyl groups is 1. The molecule has 5 nitrogen and oxygen atoms in total. The number of aryl methyl sites for hydroxylation is 2. The van der Waals surface area contributed by atoms with Crippen LogP contribution in [-0.4, -0.2) is 45.9 Å². The Hall–Kier alpha value is -1.62. The molecule has 5 heteroatoms. The molecule has 1 saturated heterocycles. The lowest BCUT2D eigenvalue weighted by atomic mass is 9.87. The van der Waals surface area contributed by atoms with Crippen molar-refractivity contribution in [2.24, 2.45) is 5.92 Å². The van der Waals surface area contributed by atoms with Gasteiger partial charge in [0.05, 0.1) is 6.10 Å². The zero-order valence-electron chi connectivity index (χ0n) is 15.5. The first-order chi connectivity index (χ1) is 11.2. The number of rotatable bonds is 3. The van der Waals surface area contributed by atoms with Gasteiger partial charge in [-0.1, -0.05) is 0 Å². The number of aromatic nitrogens is 1. The first-order valence-corrected chi connectivity index (χ1v) is 8.74. The van der Waals surface area contributed by atoms with Gasteiger partial charge in [0.2, 0.25) is 0 Å². The van der Waals surface area contributed by atoms with Crippen LogP contribution >= 0.6 is 0 Å². The zero-order valence-corrected chi connectivity index (χ0v) is 15.5. The molecule has 1 unspecified atom stereocenters. The Bertz CT molecular complexity index is 572. The third kappa shape index (κ3) is 5.20. The first kappa shape index (κ1) is 18.7. The zero-order chi connectivity index (χ0) is 17.9. The highest BCUT2D eigenvalue weighted by atomic mass is 16.6. The number of piperidine rings is 1. The lowest BCUT2D eigenvalue weighted by molar-refractivity contribution is 0.00799. The normalized spacial score (nSPS) is 17.7. The number of likely N-dealkylation sites (tertiary alicyclic amines) is 1. The molecule has 1 atom stereocenters. The third-order valence-corrected chi connectivity index (χ3v) is 4.52. The summed E-state index contributed by atoms with van der Waals surface area (Å²) in [6, 6.07) is 2.05. The van der Waals surface area contributed by atoms with Crippen molar-refractivity contribution in [2.45, 2.75) is 65.6 Å². The lowest BCUT2D eigenvalue weighted by Crippen LogP contribution is -2.44. The van der Waals surface area contributed by atoms with Crippen molar-refractivity contribution in [1.29, 1.82) is 0 Å². The minimum Gasteiger partial charge on any atom is -0.444 e.